The number of fused-ring (bicyclic) bond motifs is 12. The average Bonchev–Trinajstić information content (AvgIpc) is 3.58. The maximum Gasteiger partial charge on any atom is 0.0972 e. The van der Waals surface area contributed by atoms with Crippen LogP contribution in [0.2, 0.25) is 0 Å². The van der Waals surface area contributed by atoms with Crippen molar-refractivity contribution in [1.82, 2.24) is 9.97 Å². The lowest BCUT2D eigenvalue weighted by molar-refractivity contribution is 1.37. The van der Waals surface area contributed by atoms with Gasteiger partial charge in [-0.2, -0.15) is 0 Å². The Labute approximate surface area is 297 Å². The van der Waals surface area contributed by atoms with Gasteiger partial charge in [0.2, 0.25) is 0 Å². The summed E-state index contributed by atoms with van der Waals surface area (Å²) < 4.78 is 2.64. The second kappa shape index (κ2) is 11.0. The molecule has 0 saturated carbocycles. The number of thiophene rings is 1. The van der Waals surface area contributed by atoms with Gasteiger partial charge in [0.05, 0.1) is 22.4 Å². The Morgan fingerprint density at radius 3 is 1.45 bits per heavy atom. The largest absolute Gasteiger partial charge is 0.245 e. The molecule has 0 radical (unpaired) electrons. The van der Waals surface area contributed by atoms with Crippen molar-refractivity contribution in [2.75, 3.05) is 0 Å². The molecule has 0 amide bonds. The van der Waals surface area contributed by atoms with E-state index in [1.807, 2.05) is 11.3 Å². The third kappa shape index (κ3) is 4.49. The lowest BCUT2D eigenvalue weighted by Crippen LogP contribution is -1.91. The highest BCUT2D eigenvalue weighted by Crippen LogP contribution is 2.39. The highest BCUT2D eigenvalue weighted by atomic mass is 32.1. The first-order valence-corrected chi connectivity index (χ1v) is 18.1. The molecule has 0 N–H and O–H groups in total. The minimum Gasteiger partial charge on any atom is -0.245 e. The van der Waals surface area contributed by atoms with Crippen molar-refractivity contribution in [2.45, 2.75) is 0 Å². The van der Waals surface area contributed by atoms with Crippen molar-refractivity contribution < 1.29 is 0 Å². The number of hydrogen-bond donors (Lipinski definition) is 0. The molecule has 0 fully saturated rings. The van der Waals surface area contributed by atoms with Crippen LogP contribution in [0.25, 0.3) is 108 Å². The van der Waals surface area contributed by atoms with Crippen LogP contribution in [-0.2, 0) is 0 Å². The maximum atomic E-state index is 5.31. The third-order valence-corrected chi connectivity index (χ3v) is 11.6. The smallest absolute Gasteiger partial charge is 0.0972 e. The van der Waals surface area contributed by atoms with E-state index in [2.05, 4.69) is 170 Å². The van der Waals surface area contributed by atoms with Crippen molar-refractivity contribution in [2.24, 2.45) is 0 Å². The van der Waals surface area contributed by atoms with E-state index in [4.69, 9.17) is 9.97 Å². The predicted octanol–water partition coefficient (Wildman–Crippen LogP) is 13.6. The first-order chi connectivity index (χ1) is 25.2. The number of aromatic nitrogens is 2. The van der Waals surface area contributed by atoms with E-state index in [0.717, 1.165) is 44.3 Å². The highest BCUT2D eigenvalue weighted by molar-refractivity contribution is 7.25. The first kappa shape index (κ1) is 28.4. The Kier molecular flexibility index (Phi) is 6.16. The van der Waals surface area contributed by atoms with Gasteiger partial charge >= 0.3 is 0 Å². The van der Waals surface area contributed by atoms with Gasteiger partial charge in [0.15, 0.2) is 0 Å². The van der Waals surface area contributed by atoms with Gasteiger partial charge in [0.25, 0.3) is 0 Å². The molecule has 0 bridgehead atoms. The number of hydrogen-bond acceptors (Lipinski definition) is 3. The molecular formula is C48H28N2S. The van der Waals surface area contributed by atoms with Crippen LogP contribution in [0.5, 0.6) is 0 Å². The van der Waals surface area contributed by atoms with Crippen LogP contribution in [-0.4, -0.2) is 9.97 Å². The Hall–Kier alpha value is -6.42. The molecule has 0 atom stereocenters. The van der Waals surface area contributed by atoms with Crippen molar-refractivity contribution in [3.63, 3.8) is 0 Å². The fourth-order valence-electron chi connectivity index (χ4n) is 7.92. The Bertz CT molecular complexity index is 3170. The van der Waals surface area contributed by atoms with Crippen molar-refractivity contribution in [3.05, 3.63) is 170 Å². The topological polar surface area (TPSA) is 25.8 Å². The monoisotopic (exact) mass is 664 g/mol. The molecular weight excluding hydrogens is 637 g/mol. The van der Waals surface area contributed by atoms with E-state index < -0.39 is 0 Å². The standard InChI is InChI=1S/C48H28N2S/c1-2-12-37-35(10-1)36-11-3-4-13-38(36)41-28-34(18-22-39(37)41)44-24-20-30-17-16-29-19-23-43(49-47(29)48(30)50-44)33-9-7-8-31(26-33)32-21-25-46-42(27-32)40-14-5-6-15-45(40)51-46/h1-28H. The summed E-state index contributed by atoms with van der Waals surface area (Å²) in [5.74, 6) is 0. The predicted molar refractivity (Wildman–Crippen MR) is 219 cm³/mol. The molecule has 0 saturated heterocycles. The molecule has 2 nitrogen and oxygen atoms in total. The van der Waals surface area contributed by atoms with Crippen molar-refractivity contribution in [3.8, 4) is 33.6 Å². The summed E-state index contributed by atoms with van der Waals surface area (Å²) in [5, 5.41) is 12.4. The first-order valence-electron chi connectivity index (χ1n) is 17.3. The summed E-state index contributed by atoms with van der Waals surface area (Å²) in [6.45, 7) is 0. The number of nitrogens with zero attached hydrogens (tertiary/aromatic N) is 2. The number of benzene rings is 8. The molecule has 8 aromatic carbocycles. The Balaban J connectivity index is 1.03. The molecule has 3 heteroatoms. The number of pyridine rings is 2. The summed E-state index contributed by atoms with van der Waals surface area (Å²) in [6.07, 6.45) is 0. The lowest BCUT2D eigenvalue weighted by Gasteiger charge is -2.12. The van der Waals surface area contributed by atoms with Gasteiger partial charge in [0.1, 0.15) is 0 Å². The van der Waals surface area contributed by atoms with Crippen LogP contribution in [0, 0.1) is 0 Å². The van der Waals surface area contributed by atoms with Gasteiger partial charge in [-0.25, -0.2) is 9.97 Å². The van der Waals surface area contributed by atoms with Crippen LogP contribution in [0.1, 0.15) is 0 Å². The summed E-state index contributed by atoms with van der Waals surface area (Å²) >= 11 is 1.85. The zero-order valence-corrected chi connectivity index (χ0v) is 28.3. The molecule has 236 valence electrons. The zero-order valence-electron chi connectivity index (χ0n) is 27.5. The van der Waals surface area contributed by atoms with Gasteiger partial charge in [0, 0.05) is 42.1 Å². The normalized spacial score (nSPS) is 11.9. The van der Waals surface area contributed by atoms with E-state index in [1.54, 1.807) is 0 Å². The van der Waals surface area contributed by atoms with Crippen LogP contribution in [0.15, 0.2) is 170 Å². The van der Waals surface area contributed by atoms with Crippen molar-refractivity contribution >= 4 is 85.6 Å². The van der Waals surface area contributed by atoms with E-state index in [-0.39, 0.29) is 0 Å². The minimum absolute atomic E-state index is 0.917. The van der Waals surface area contributed by atoms with Gasteiger partial charge in [-0.15, -0.1) is 11.3 Å². The molecule has 0 aliphatic rings. The summed E-state index contributed by atoms with van der Waals surface area (Å²) in [7, 11) is 0. The van der Waals surface area contributed by atoms with E-state index in [0.29, 0.717) is 0 Å². The molecule has 3 aromatic heterocycles. The SMILES string of the molecule is c1cc(-c2ccc3sc4ccccc4c3c2)cc(-c2ccc3ccc4ccc(-c5ccc6c7ccccc7c7ccccc7c6c5)nc4c3n2)c1. The quantitative estimate of drug-likeness (QED) is 0.176. The number of rotatable bonds is 3. The highest BCUT2D eigenvalue weighted by Gasteiger charge is 2.13. The fourth-order valence-corrected chi connectivity index (χ4v) is 9.01. The average molecular weight is 665 g/mol. The van der Waals surface area contributed by atoms with E-state index in [9.17, 15) is 0 Å². The van der Waals surface area contributed by atoms with Crippen LogP contribution >= 0.6 is 11.3 Å². The van der Waals surface area contributed by atoms with Gasteiger partial charge in [-0.3, -0.25) is 0 Å². The summed E-state index contributed by atoms with van der Waals surface area (Å²) in [5.41, 5.74) is 8.30. The lowest BCUT2D eigenvalue weighted by atomic mass is 9.93. The Morgan fingerprint density at radius 1 is 0.294 bits per heavy atom. The fraction of sp³-hybridized carbons (Fsp3) is 0. The second-order valence-electron chi connectivity index (χ2n) is 13.3. The Morgan fingerprint density at radius 2 is 0.765 bits per heavy atom. The van der Waals surface area contributed by atoms with E-state index >= 15 is 0 Å². The van der Waals surface area contributed by atoms with Crippen LogP contribution in [0.3, 0.4) is 0 Å². The third-order valence-electron chi connectivity index (χ3n) is 10.4. The van der Waals surface area contributed by atoms with Crippen LogP contribution in [0.4, 0.5) is 0 Å². The van der Waals surface area contributed by atoms with Gasteiger partial charge in [-0.1, -0.05) is 127 Å². The minimum atomic E-state index is 0.917. The van der Waals surface area contributed by atoms with Crippen molar-refractivity contribution in [1.29, 1.82) is 0 Å². The molecule has 11 aromatic rings. The molecule has 0 aliphatic carbocycles. The van der Waals surface area contributed by atoms with Gasteiger partial charge in [-0.05, 0) is 85.9 Å². The van der Waals surface area contributed by atoms with Crippen LogP contribution < -0.4 is 0 Å². The molecule has 0 spiro atoms. The maximum absolute atomic E-state index is 5.31. The molecule has 3 heterocycles. The molecule has 0 aliphatic heterocycles. The summed E-state index contributed by atoms with van der Waals surface area (Å²) in [4.78, 5) is 10.6. The zero-order chi connectivity index (χ0) is 33.5. The molecule has 11 rings (SSSR count). The molecule has 51 heavy (non-hydrogen) atoms. The molecule has 0 unspecified atom stereocenters. The van der Waals surface area contributed by atoms with E-state index in [1.165, 1.54) is 63.6 Å². The van der Waals surface area contributed by atoms with Gasteiger partial charge < -0.3 is 0 Å². The summed E-state index contributed by atoms with van der Waals surface area (Å²) in [6, 6.07) is 61.4. The second-order valence-corrected chi connectivity index (χ2v) is 14.4.